The fourth-order valence-electron chi connectivity index (χ4n) is 2.67. The van der Waals surface area contributed by atoms with Crippen LogP contribution >= 0.6 is 11.6 Å². The van der Waals surface area contributed by atoms with Crippen molar-refractivity contribution in [2.24, 2.45) is 0 Å². The van der Waals surface area contributed by atoms with E-state index in [1.54, 1.807) is 23.3 Å². The first kappa shape index (κ1) is 15.5. The lowest BCUT2D eigenvalue weighted by atomic mass is 9.94. The lowest BCUT2D eigenvalue weighted by Gasteiger charge is -2.31. The van der Waals surface area contributed by atoms with Gasteiger partial charge in [-0.15, -0.1) is 5.10 Å². The van der Waals surface area contributed by atoms with E-state index in [0.717, 1.165) is 16.7 Å². The van der Waals surface area contributed by atoms with Crippen molar-refractivity contribution in [1.82, 2.24) is 14.9 Å². The molecule has 0 aliphatic carbocycles. The molecule has 0 amide bonds. The summed E-state index contributed by atoms with van der Waals surface area (Å²) in [5.41, 5.74) is 3.08. The van der Waals surface area contributed by atoms with Crippen LogP contribution < -0.4 is 5.01 Å². The van der Waals surface area contributed by atoms with Crippen molar-refractivity contribution in [2.45, 2.75) is 13.0 Å². The quantitative estimate of drug-likeness (QED) is 0.731. The third-order valence-corrected chi connectivity index (χ3v) is 4.05. The molecule has 3 rings (SSSR count). The van der Waals surface area contributed by atoms with Crippen LogP contribution in [0.4, 0.5) is 4.39 Å². The molecule has 118 valence electrons. The molecule has 1 heterocycles. The van der Waals surface area contributed by atoms with Crippen LogP contribution in [0.15, 0.2) is 55.1 Å². The minimum absolute atomic E-state index is 0.144. The Labute approximate surface area is 139 Å². The maximum absolute atomic E-state index is 13.3. The minimum atomic E-state index is -0.260. The SMILES string of the molecule is Cc1cc(Cl)ccc1C(c1ccc(F)cc1)N(C)n1cncn1. The maximum atomic E-state index is 13.3. The lowest BCUT2D eigenvalue weighted by molar-refractivity contribution is 0.527. The molecule has 0 N–H and O–H groups in total. The summed E-state index contributed by atoms with van der Waals surface area (Å²) in [5.74, 6) is -0.260. The number of benzene rings is 2. The van der Waals surface area contributed by atoms with Gasteiger partial charge in [-0.1, -0.05) is 29.8 Å². The van der Waals surface area contributed by atoms with Gasteiger partial charge in [0.05, 0.1) is 6.04 Å². The van der Waals surface area contributed by atoms with Gasteiger partial charge in [0.15, 0.2) is 0 Å². The average molecular weight is 331 g/mol. The van der Waals surface area contributed by atoms with Crippen molar-refractivity contribution in [3.8, 4) is 0 Å². The van der Waals surface area contributed by atoms with Gasteiger partial charge in [0.1, 0.15) is 18.5 Å². The van der Waals surface area contributed by atoms with Crippen molar-refractivity contribution in [2.75, 3.05) is 12.1 Å². The number of rotatable bonds is 4. The predicted octanol–water partition coefficient (Wildman–Crippen LogP) is 3.74. The molecule has 23 heavy (non-hydrogen) atoms. The Morgan fingerprint density at radius 3 is 2.52 bits per heavy atom. The van der Waals surface area contributed by atoms with Crippen LogP contribution in [0.3, 0.4) is 0 Å². The molecule has 6 heteroatoms. The highest BCUT2D eigenvalue weighted by atomic mass is 35.5. The van der Waals surface area contributed by atoms with Crippen LogP contribution in [0.1, 0.15) is 22.7 Å². The number of nitrogens with zero attached hydrogens (tertiary/aromatic N) is 4. The summed E-state index contributed by atoms with van der Waals surface area (Å²) >= 11 is 6.08. The van der Waals surface area contributed by atoms with E-state index in [1.165, 1.54) is 18.5 Å². The van der Waals surface area contributed by atoms with E-state index in [0.29, 0.717) is 5.02 Å². The highest BCUT2D eigenvalue weighted by Crippen LogP contribution is 2.30. The van der Waals surface area contributed by atoms with Gasteiger partial charge >= 0.3 is 0 Å². The topological polar surface area (TPSA) is 34.0 Å². The highest BCUT2D eigenvalue weighted by molar-refractivity contribution is 6.30. The zero-order valence-corrected chi connectivity index (χ0v) is 13.6. The van der Waals surface area contributed by atoms with Gasteiger partial charge in [-0.25, -0.2) is 9.37 Å². The van der Waals surface area contributed by atoms with E-state index < -0.39 is 0 Å². The summed E-state index contributed by atoms with van der Waals surface area (Å²) in [6.07, 6.45) is 3.11. The van der Waals surface area contributed by atoms with Crippen LogP contribution in [0.5, 0.6) is 0 Å². The fourth-order valence-corrected chi connectivity index (χ4v) is 2.90. The van der Waals surface area contributed by atoms with Crippen molar-refractivity contribution in [1.29, 1.82) is 0 Å². The first-order valence-electron chi connectivity index (χ1n) is 7.15. The second kappa shape index (κ2) is 6.38. The molecule has 4 nitrogen and oxygen atoms in total. The van der Waals surface area contributed by atoms with Crippen LogP contribution in [0, 0.1) is 12.7 Å². The Bertz CT molecular complexity index is 787. The van der Waals surface area contributed by atoms with E-state index in [1.807, 2.05) is 37.2 Å². The Morgan fingerprint density at radius 2 is 1.91 bits per heavy atom. The van der Waals surface area contributed by atoms with E-state index in [2.05, 4.69) is 10.1 Å². The van der Waals surface area contributed by atoms with Gasteiger partial charge in [-0.2, -0.15) is 4.79 Å². The summed E-state index contributed by atoms with van der Waals surface area (Å²) in [5, 5.41) is 6.81. The number of hydrogen-bond acceptors (Lipinski definition) is 3. The molecule has 0 bridgehead atoms. The maximum Gasteiger partial charge on any atom is 0.139 e. The zero-order valence-electron chi connectivity index (χ0n) is 12.8. The normalized spacial score (nSPS) is 12.2. The lowest BCUT2D eigenvalue weighted by Crippen LogP contribution is -2.36. The van der Waals surface area contributed by atoms with E-state index in [-0.39, 0.29) is 11.9 Å². The van der Waals surface area contributed by atoms with Gasteiger partial charge in [0.25, 0.3) is 0 Å². The minimum Gasteiger partial charge on any atom is -0.287 e. The molecule has 0 aliphatic rings. The average Bonchev–Trinajstić information content (AvgIpc) is 3.05. The molecule has 0 saturated carbocycles. The first-order valence-corrected chi connectivity index (χ1v) is 7.53. The molecule has 3 aromatic rings. The van der Waals surface area contributed by atoms with Gasteiger partial charge in [-0.05, 0) is 47.9 Å². The Balaban J connectivity index is 2.11. The van der Waals surface area contributed by atoms with Crippen LogP contribution in [0.25, 0.3) is 0 Å². The molecule has 1 aromatic heterocycles. The molecular formula is C17H16ClFN4. The Kier molecular flexibility index (Phi) is 4.30. The van der Waals surface area contributed by atoms with E-state index in [4.69, 9.17) is 11.6 Å². The second-order valence-electron chi connectivity index (χ2n) is 5.34. The highest BCUT2D eigenvalue weighted by Gasteiger charge is 2.22. The molecule has 1 atom stereocenters. The van der Waals surface area contributed by atoms with Crippen molar-refractivity contribution in [3.05, 3.63) is 82.6 Å². The number of halogens is 2. The third-order valence-electron chi connectivity index (χ3n) is 3.82. The standard InChI is InChI=1S/C17H16ClFN4/c1-12-9-14(18)5-8-16(12)17(13-3-6-15(19)7-4-13)22(2)23-11-20-10-21-23/h3-11,17H,1-2H3. The summed E-state index contributed by atoms with van der Waals surface area (Å²) in [6.45, 7) is 2.01. The van der Waals surface area contributed by atoms with Gasteiger partial charge < -0.3 is 0 Å². The summed E-state index contributed by atoms with van der Waals surface area (Å²) in [4.78, 5) is 5.65. The zero-order chi connectivity index (χ0) is 16.4. The van der Waals surface area contributed by atoms with Gasteiger partial charge in [0, 0.05) is 12.1 Å². The van der Waals surface area contributed by atoms with Gasteiger partial charge in [-0.3, -0.25) is 5.01 Å². The third kappa shape index (κ3) is 3.19. The van der Waals surface area contributed by atoms with Crippen molar-refractivity contribution >= 4 is 11.6 Å². The smallest absolute Gasteiger partial charge is 0.139 e. The molecule has 0 radical (unpaired) electrons. The Morgan fingerprint density at radius 1 is 1.17 bits per heavy atom. The van der Waals surface area contributed by atoms with Crippen molar-refractivity contribution < 1.29 is 4.39 Å². The molecule has 1 unspecified atom stereocenters. The van der Waals surface area contributed by atoms with Crippen molar-refractivity contribution in [3.63, 3.8) is 0 Å². The van der Waals surface area contributed by atoms with Crippen LogP contribution in [-0.2, 0) is 0 Å². The number of aryl methyl sites for hydroxylation is 1. The molecule has 0 aliphatic heterocycles. The first-order chi connectivity index (χ1) is 11.1. The number of aromatic nitrogens is 3. The van der Waals surface area contributed by atoms with E-state index >= 15 is 0 Å². The number of hydrogen-bond donors (Lipinski definition) is 0. The largest absolute Gasteiger partial charge is 0.287 e. The molecular weight excluding hydrogens is 315 g/mol. The summed E-state index contributed by atoms with van der Waals surface area (Å²) in [6, 6.07) is 12.1. The molecule has 2 aromatic carbocycles. The summed E-state index contributed by atoms with van der Waals surface area (Å²) in [7, 11) is 1.91. The molecule has 0 spiro atoms. The monoisotopic (exact) mass is 330 g/mol. The molecule has 0 fully saturated rings. The Hall–Kier alpha value is -2.40. The van der Waals surface area contributed by atoms with Gasteiger partial charge in [0.2, 0.25) is 0 Å². The molecule has 0 saturated heterocycles. The predicted molar refractivity (Wildman–Crippen MR) is 88.6 cm³/mol. The van der Waals surface area contributed by atoms with Crippen LogP contribution in [0.2, 0.25) is 5.02 Å². The van der Waals surface area contributed by atoms with Crippen LogP contribution in [-0.4, -0.2) is 21.9 Å². The fraction of sp³-hybridized carbons (Fsp3) is 0.176. The summed E-state index contributed by atoms with van der Waals surface area (Å²) < 4.78 is 13.3. The second-order valence-corrected chi connectivity index (χ2v) is 5.78. The van der Waals surface area contributed by atoms with E-state index in [9.17, 15) is 4.39 Å².